The van der Waals surface area contributed by atoms with Crippen LogP contribution in [0.15, 0.2) is 28.8 Å². The molecular formula is C22H28N4O4. The van der Waals surface area contributed by atoms with Gasteiger partial charge in [-0.2, -0.15) is 4.98 Å². The highest BCUT2D eigenvalue weighted by atomic mass is 16.5. The Morgan fingerprint density at radius 3 is 2.77 bits per heavy atom. The minimum absolute atomic E-state index is 0.0217. The van der Waals surface area contributed by atoms with Gasteiger partial charge >= 0.3 is 0 Å². The summed E-state index contributed by atoms with van der Waals surface area (Å²) in [5.41, 5.74) is 0.744. The van der Waals surface area contributed by atoms with E-state index in [-0.39, 0.29) is 30.2 Å². The minimum Gasteiger partial charge on any atom is -0.497 e. The third kappa shape index (κ3) is 4.32. The Morgan fingerprint density at radius 2 is 2.03 bits per heavy atom. The number of carbonyl (C=O) groups excluding carboxylic acids is 2. The van der Waals surface area contributed by atoms with Gasteiger partial charge in [0, 0.05) is 37.2 Å². The molecule has 2 fully saturated rings. The van der Waals surface area contributed by atoms with Crippen LogP contribution in [-0.2, 0) is 16.0 Å². The second kappa shape index (κ2) is 8.85. The molecule has 0 N–H and O–H groups in total. The first-order valence-corrected chi connectivity index (χ1v) is 10.6. The van der Waals surface area contributed by atoms with E-state index >= 15 is 0 Å². The number of benzene rings is 1. The Balaban J connectivity index is 1.34. The van der Waals surface area contributed by atoms with Crippen molar-refractivity contribution in [3.05, 3.63) is 30.1 Å². The van der Waals surface area contributed by atoms with E-state index in [1.165, 1.54) is 0 Å². The highest BCUT2D eigenvalue weighted by Gasteiger charge is 2.34. The van der Waals surface area contributed by atoms with E-state index in [0.717, 1.165) is 31.2 Å². The number of hydrogen-bond acceptors (Lipinski definition) is 6. The standard InChI is InChI=1S/C22H28N4O4/c1-15-14-25(10-11-26(15)22(28)16-6-3-4-7-16)20(27)13-19-23-21(30-24-19)17-8-5-9-18(12-17)29-2/h5,8-9,12,15-16H,3-4,6-7,10-11,13-14H2,1-2H3. The van der Waals surface area contributed by atoms with Gasteiger partial charge in [0.25, 0.3) is 5.89 Å². The van der Waals surface area contributed by atoms with E-state index in [0.29, 0.717) is 37.1 Å². The largest absolute Gasteiger partial charge is 0.497 e. The van der Waals surface area contributed by atoms with Crippen LogP contribution in [0.1, 0.15) is 38.4 Å². The summed E-state index contributed by atoms with van der Waals surface area (Å²) in [7, 11) is 1.60. The molecule has 30 heavy (non-hydrogen) atoms. The van der Waals surface area contributed by atoms with Crippen molar-refractivity contribution in [3.63, 3.8) is 0 Å². The van der Waals surface area contributed by atoms with Crippen molar-refractivity contribution in [2.75, 3.05) is 26.7 Å². The predicted octanol–water partition coefficient (Wildman–Crippen LogP) is 2.54. The molecule has 160 valence electrons. The number of nitrogens with zero attached hydrogens (tertiary/aromatic N) is 4. The van der Waals surface area contributed by atoms with Crippen molar-refractivity contribution < 1.29 is 18.8 Å². The Bertz CT molecular complexity index is 906. The van der Waals surface area contributed by atoms with E-state index < -0.39 is 0 Å². The fourth-order valence-corrected chi connectivity index (χ4v) is 4.37. The number of carbonyl (C=O) groups is 2. The van der Waals surface area contributed by atoms with E-state index in [1.807, 2.05) is 30.0 Å². The molecular weight excluding hydrogens is 384 g/mol. The Labute approximate surface area is 176 Å². The quantitative estimate of drug-likeness (QED) is 0.750. The van der Waals surface area contributed by atoms with Crippen LogP contribution in [0.25, 0.3) is 11.5 Å². The van der Waals surface area contributed by atoms with Gasteiger partial charge in [-0.3, -0.25) is 9.59 Å². The lowest BCUT2D eigenvalue weighted by atomic mass is 10.0. The fraction of sp³-hybridized carbons (Fsp3) is 0.545. The Morgan fingerprint density at radius 1 is 1.23 bits per heavy atom. The summed E-state index contributed by atoms with van der Waals surface area (Å²) in [6, 6.07) is 7.36. The van der Waals surface area contributed by atoms with Crippen LogP contribution in [0, 0.1) is 5.92 Å². The summed E-state index contributed by atoms with van der Waals surface area (Å²) in [4.78, 5) is 33.6. The molecule has 2 aliphatic rings. The van der Waals surface area contributed by atoms with Crippen LogP contribution in [0.5, 0.6) is 5.75 Å². The van der Waals surface area contributed by atoms with Crippen molar-refractivity contribution in [1.82, 2.24) is 19.9 Å². The van der Waals surface area contributed by atoms with Gasteiger partial charge in [-0.05, 0) is 38.0 Å². The summed E-state index contributed by atoms with van der Waals surface area (Å²) >= 11 is 0. The van der Waals surface area contributed by atoms with Gasteiger partial charge < -0.3 is 19.1 Å². The average molecular weight is 412 g/mol. The zero-order chi connectivity index (χ0) is 21.1. The molecule has 1 aromatic carbocycles. The first kappa shape index (κ1) is 20.4. The van der Waals surface area contributed by atoms with Crippen molar-refractivity contribution in [2.45, 2.75) is 45.1 Å². The summed E-state index contributed by atoms with van der Waals surface area (Å²) < 4.78 is 10.5. The predicted molar refractivity (Wildman–Crippen MR) is 110 cm³/mol. The third-order valence-corrected chi connectivity index (χ3v) is 6.06. The minimum atomic E-state index is -0.0483. The summed E-state index contributed by atoms with van der Waals surface area (Å²) in [6.45, 7) is 3.69. The van der Waals surface area contributed by atoms with Gasteiger partial charge in [-0.25, -0.2) is 0 Å². The zero-order valence-electron chi connectivity index (χ0n) is 17.5. The second-order valence-electron chi connectivity index (χ2n) is 8.13. The lowest BCUT2D eigenvalue weighted by molar-refractivity contribution is -0.145. The molecule has 0 radical (unpaired) electrons. The second-order valence-corrected chi connectivity index (χ2v) is 8.13. The fourth-order valence-electron chi connectivity index (χ4n) is 4.37. The monoisotopic (exact) mass is 412 g/mol. The number of rotatable bonds is 5. The van der Waals surface area contributed by atoms with Crippen LogP contribution in [-0.4, -0.2) is 64.5 Å². The lowest BCUT2D eigenvalue weighted by Crippen LogP contribution is -2.56. The highest BCUT2D eigenvalue weighted by molar-refractivity contribution is 5.81. The number of amides is 2. The smallest absolute Gasteiger partial charge is 0.258 e. The van der Waals surface area contributed by atoms with E-state index in [4.69, 9.17) is 9.26 Å². The molecule has 0 spiro atoms. The van der Waals surface area contributed by atoms with E-state index in [1.54, 1.807) is 18.1 Å². The molecule has 2 heterocycles. The molecule has 1 aromatic heterocycles. The molecule has 1 unspecified atom stereocenters. The number of methoxy groups -OCH3 is 1. The topological polar surface area (TPSA) is 88.8 Å². The molecule has 1 atom stereocenters. The third-order valence-electron chi connectivity index (χ3n) is 6.06. The van der Waals surface area contributed by atoms with Gasteiger partial charge in [-0.1, -0.05) is 24.1 Å². The Kier molecular flexibility index (Phi) is 6.01. The average Bonchev–Trinajstić information content (AvgIpc) is 3.45. The highest BCUT2D eigenvalue weighted by Crippen LogP contribution is 2.28. The molecule has 8 heteroatoms. The van der Waals surface area contributed by atoms with Crippen LogP contribution < -0.4 is 4.74 Å². The van der Waals surface area contributed by atoms with Crippen LogP contribution in [0.3, 0.4) is 0 Å². The maximum Gasteiger partial charge on any atom is 0.258 e. The van der Waals surface area contributed by atoms with Crippen LogP contribution in [0.2, 0.25) is 0 Å². The van der Waals surface area contributed by atoms with Crippen LogP contribution >= 0.6 is 0 Å². The normalized spacial score (nSPS) is 19.9. The first-order chi connectivity index (χ1) is 14.5. The van der Waals surface area contributed by atoms with Crippen molar-refractivity contribution in [3.8, 4) is 17.2 Å². The van der Waals surface area contributed by atoms with Gasteiger partial charge in [0.15, 0.2) is 5.82 Å². The first-order valence-electron chi connectivity index (χ1n) is 10.6. The molecule has 1 aliphatic carbocycles. The molecule has 8 nitrogen and oxygen atoms in total. The zero-order valence-corrected chi connectivity index (χ0v) is 17.5. The Hall–Kier alpha value is -2.90. The van der Waals surface area contributed by atoms with Crippen molar-refractivity contribution in [2.24, 2.45) is 5.92 Å². The van der Waals surface area contributed by atoms with E-state index in [9.17, 15) is 9.59 Å². The molecule has 2 amide bonds. The van der Waals surface area contributed by atoms with Crippen LogP contribution in [0.4, 0.5) is 0 Å². The molecule has 1 saturated carbocycles. The molecule has 4 rings (SSSR count). The number of ether oxygens (including phenoxy) is 1. The van der Waals surface area contributed by atoms with Crippen molar-refractivity contribution in [1.29, 1.82) is 0 Å². The lowest BCUT2D eigenvalue weighted by Gasteiger charge is -2.41. The van der Waals surface area contributed by atoms with Gasteiger partial charge in [0.1, 0.15) is 5.75 Å². The maximum absolute atomic E-state index is 12.8. The SMILES string of the molecule is COc1cccc(-c2nc(CC(=O)N3CCN(C(=O)C4CCCC4)C(C)C3)no2)c1. The summed E-state index contributed by atoms with van der Waals surface area (Å²) in [5.74, 6) is 1.79. The molecule has 1 saturated heterocycles. The van der Waals surface area contributed by atoms with Gasteiger partial charge in [0.05, 0.1) is 13.5 Å². The van der Waals surface area contributed by atoms with Crippen molar-refractivity contribution >= 4 is 11.8 Å². The maximum atomic E-state index is 12.8. The van der Waals surface area contributed by atoms with E-state index in [2.05, 4.69) is 10.1 Å². The summed E-state index contributed by atoms with van der Waals surface area (Å²) in [6.07, 6.45) is 4.37. The van der Waals surface area contributed by atoms with Gasteiger partial charge in [0.2, 0.25) is 11.8 Å². The molecule has 0 bridgehead atoms. The van der Waals surface area contributed by atoms with Gasteiger partial charge in [-0.15, -0.1) is 0 Å². The number of hydrogen-bond donors (Lipinski definition) is 0. The summed E-state index contributed by atoms with van der Waals surface area (Å²) in [5, 5.41) is 3.96. The number of aromatic nitrogens is 2. The molecule has 2 aromatic rings. The molecule has 1 aliphatic heterocycles. The number of piperazine rings is 1.